The number of carboxylic acid groups (broad SMARTS) is 1. The van der Waals surface area contributed by atoms with Gasteiger partial charge in [-0.05, 0) is 6.42 Å². The van der Waals surface area contributed by atoms with Crippen molar-refractivity contribution in [2.24, 2.45) is 0 Å². The Hall–Kier alpha value is -0.790. The van der Waals surface area contributed by atoms with E-state index in [4.69, 9.17) is 5.11 Å². The normalized spacial score (nSPS) is 10.3. The van der Waals surface area contributed by atoms with Crippen molar-refractivity contribution in [3.63, 3.8) is 0 Å². The van der Waals surface area contributed by atoms with Crippen molar-refractivity contribution in [2.45, 2.75) is 26.2 Å². The van der Waals surface area contributed by atoms with Gasteiger partial charge in [-0.15, -0.1) is 0 Å². The van der Waals surface area contributed by atoms with Crippen LogP contribution < -0.4 is 0 Å². The van der Waals surface area contributed by atoms with Crippen LogP contribution in [-0.4, -0.2) is 11.1 Å². The molecule has 52 valence electrons. The number of aliphatic carboxylic acids is 1. The maximum absolute atomic E-state index is 9.88. The maximum Gasteiger partial charge on any atom is 0.327 e. The van der Waals surface area contributed by atoms with Gasteiger partial charge in [0.05, 0.1) is 0 Å². The van der Waals surface area contributed by atoms with Crippen LogP contribution in [0.15, 0.2) is 12.2 Å². The van der Waals surface area contributed by atoms with E-state index in [1.54, 1.807) is 6.08 Å². The van der Waals surface area contributed by atoms with Crippen LogP contribution in [0.2, 0.25) is 0 Å². The van der Waals surface area contributed by atoms with Gasteiger partial charge in [0.1, 0.15) is 0 Å². The summed E-state index contributed by atoms with van der Waals surface area (Å²) in [4.78, 5) is 9.88. The average molecular weight is 128 g/mol. The minimum Gasteiger partial charge on any atom is -0.478 e. The number of hydrogen-bond donors (Lipinski definition) is 1. The molecule has 0 radical (unpaired) electrons. The van der Waals surface area contributed by atoms with Crippen LogP contribution in [0.4, 0.5) is 0 Å². The van der Waals surface area contributed by atoms with Crippen molar-refractivity contribution in [3.05, 3.63) is 12.2 Å². The first-order valence-electron chi connectivity index (χ1n) is 3.17. The molecule has 0 amide bonds. The summed E-state index contributed by atoms with van der Waals surface area (Å²) in [7, 11) is 0. The van der Waals surface area contributed by atoms with Gasteiger partial charge in [0.25, 0.3) is 0 Å². The fourth-order valence-corrected chi connectivity index (χ4v) is 0.506. The molecular formula is C7H12O2. The molecular weight excluding hydrogens is 116 g/mol. The van der Waals surface area contributed by atoms with Gasteiger partial charge in [-0.25, -0.2) is 4.79 Å². The average Bonchev–Trinajstić information content (AvgIpc) is 1.80. The Morgan fingerprint density at radius 2 is 2.33 bits per heavy atom. The summed E-state index contributed by atoms with van der Waals surface area (Å²) in [6, 6.07) is 0. The lowest BCUT2D eigenvalue weighted by Crippen LogP contribution is -1.85. The van der Waals surface area contributed by atoms with E-state index in [-0.39, 0.29) is 0 Å². The highest BCUT2D eigenvalue weighted by molar-refractivity contribution is 5.79. The molecule has 0 aliphatic heterocycles. The molecule has 0 rings (SSSR count). The van der Waals surface area contributed by atoms with Gasteiger partial charge < -0.3 is 5.11 Å². The summed E-state index contributed by atoms with van der Waals surface area (Å²) in [6.07, 6.45) is 5.94. The molecule has 0 atom stereocenters. The van der Waals surface area contributed by atoms with Crippen LogP contribution in [0, 0.1) is 0 Å². The first-order chi connectivity index (χ1) is 4.27. The highest BCUT2D eigenvalue weighted by atomic mass is 16.4. The number of hydrogen-bond acceptors (Lipinski definition) is 1. The topological polar surface area (TPSA) is 37.3 Å². The van der Waals surface area contributed by atoms with Gasteiger partial charge in [-0.2, -0.15) is 0 Å². The van der Waals surface area contributed by atoms with Crippen LogP contribution in [0.3, 0.4) is 0 Å². The van der Waals surface area contributed by atoms with Crippen molar-refractivity contribution in [3.8, 4) is 0 Å². The second-order valence-corrected chi connectivity index (χ2v) is 1.88. The van der Waals surface area contributed by atoms with E-state index < -0.39 is 5.97 Å². The number of carbonyl (C=O) groups is 1. The van der Waals surface area contributed by atoms with Gasteiger partial charge >= 0.3 is 5.97 Å². The molecule has 0 aliphatic rings. The van der Waals surface area contributed by atoms with Gasteiger partial charge in [0.2, 0.25) is 0 Å². The van der Waals surface area contributed by atoms with Crippen LogP contribution in [-0.2, 0) is 4.79 Å². The Morgan fingerprint density at radius 3 is 2.78 bits per heavy atom. The van der Waals surface area contributed by atoms with Crippen LogP contribution in [0.5, 0.6) is 0 Å². The molecule has 9 heavy (non-hydrogen) atoms. The molecule has 0 aromatic rings. The summed E-state index contributed by atoms with van der Waals surface area (Å²) >= 11 is 0. The monoisotopic (exact) mass is 128 g/mol. The molecule has 0 aromatic heterocycles. The second kappa shape index (κ2) is 5.35. The van der Waals surface area contributed by atoms with E-state index in [0.29, 0.717) is 0 Å². The third-order valence-electron chi connectivity index (χ3n) is 0.985. The quantitative estimate of drug-likeness (QED) is 0.463. The molecule has 1 N–H and O–H groups in total. The van der Waals surface area contributed by atoms with E-state index in [2.05, 4.69) is 6.92 Å². The minimum atomic E-state index is -0.855. The molecule has 0 fully saturated rings. The van der Waals surface area contributed by atoms with E-state index in [9.17, 15) is 4.79 Å². The molecule has 0 saturated heterocycles. The molecule has 0 saturated carbocycles. The molecule has 2 heteroatoms. The van der Waals surface area contributed by atoms with Crippen molar-refractivity contribution in [1.82, 2.24) is 0 Å². The molecule has 0 bridgehead atoms. The summed E-state index contributed by atoms with van der Waals surface area (Å²) < 4.78 is 0. The minimum absolute atomic E-state index is 0.855. The third kappa shape index (κ3) is 7.21. The third-order valence-corrected chi connectivity index (χ3v) is 0.985. The fraction of sp³-hybridized carbons (Fsp3) is 0.571. The maximum atomic E-state index is 9.88. The number of carboxylic acids is 1. The molecule has 0 spiro atoms. The van der Waals surface area contributed by atoms with Crippen LogP contribution >= 0.6 is 0 Å². The first kappa shape index (κ1) is 8.21. The SMILES string of the molecule is CCCC/C=C\C(=O)O. The van der Waals surface area contributed by atoms with Crippen LogP contribution in [0.25, 0.3) is 0 Å². The van der Waals surface area contributed by atoms with Crippen LogP contribution in [0.1, 0.15) is 26.2 Å². The number of allylic oxidation sites excluding steroid dienone is 1. The van der Waals surface area contributed by atoms with E-state index in [1.807, 2.05) is 0 Å². The lowest BCUT2D eigenvalue weighted by Gasteiger charge is -1.85. The molecule has 2 nitrogen and oxygen atoms in total. The zero-order valence-corrected chi connectivity index (χ0v) is 5.63. The van der Waals surface area contributed by atoms with E-state index in [1.165, 1.54) is 6.08 Å². The second-order valence-electron chi connectivity index (χ2n) is 1.88. The zero-order chi connectivity index (χ0) is 7.11. The van der Waals surface area contributed by atoms with Crippen molar-refractivity contribution in [1.29, 1.82) is 0 Å². The van der Waals surface area contributed by atoms with Crippen molar-refractivity contribution >= 4 is 5.97 Å². The Labute approximate surface area is 55.2 Å². The number of unbranched alkanes of at least 4 members (excludes halogenated alkanes) is 2. The largest absolute Gasteiger partial charge is 0.478 e. The summed E-state index contributed by atoms with van der Waals surface area (Å²) in [5, 5.41) is 8.13. The first-order valence-corrected chi connectivity index (χ1v) is 3.17. The highest BCUT2D eigenvalue weighted by Gasteiger charge is 1.83. The Balaban J connectivity index is 3.15. The van der Waals surface area contributed by atoms with Gasteiger partial charge in [0, 0.05) is 6.08 Å². The molecule has 0 heterocycles. The van der Waals surface area contributed by atoms with Gasteiger partial charge in [0.15, 0.2) is 0 Å². The Kier molecular flexibility index (Phi) is 4.88. The van der Waals surface area contributed by atoms with Crippen molar-refractivity contribution < 1.29 is 9.90 Å². The highest BCUT2D eigenvalue weighted by Crippen LogP contribution is 1.93. The lowest BCUT2D eigenvalue weighted by atomic mass is 10.2. The lowest BCUT2D eigenvalue weighted by molar-refractivity contribution is -0.131. The smallest absolute Gasteiger partial charge is 0.327 e. The summed E-state index contributed by atoms with van der Waals surface area (Å²) in [5.41, 5.74) is 0. The Bertz CT molecular complexity index is 105. The van der Waals surface area contributed by atoms with E-state index in [0.717, 1.165) is 19.3 Å². The zero-order valence-electron chi connectivity index (χ0n) is 5.63. The summed E-state index contributed by atoms with van der Waals surface area (Å²) in [5.74, 6) is -0.855. The number of rotatable bonds is 4. The standard InChI is InChI=1S/C7H12O2/c1-2-3-4-5-6-7(8)9/h5-6H,2-4H2,1H3,(H,8,9)/b6-5-. The predicted octanol–water partition coefficient (Wildman–Crippen LogP) is 1.82. The summed E-state index contributed by atoms with van der Waals surface area (Å²) in [6.45, 7) is 2.08. The Morgan fingerprint density at radius 1 is 1.67 bits per heavy atom. The predicted molar refractivity (Wildman–Crippen MR) is 36.3 cm³/mol. The van der Waals surface area contributed by atoms with Gasteiger partial charge in [-0.1, -0.05) is 25.8 Å². The molecule has 0 aliphatic carbocycles. The molecule has 0 unspecified atom stereocenters. The molecule has 0 aromatic carbocycles. The van der Waals surface area contributed by atoms with Gasteiger partial charge in [-0.3, -0.25) is 0 Å². The van der Waals surface area contributed by atoms with E-state index >= 15 is 0 Å². The van der Waals surface area contributed by atoms with Crippen molar-refractivity contribution in [2.75, 3.05) is 0 Å². The fourth-order valence-electron chi connectivity index (χ4n) is 0.506.